The Morgan fingerprint density at radius 1 is 1.17 bits per heavy atom. The zero-order valence-corrected chi connectivity index (χ0v) is 12.1. The highest BCUT2D eigenvalue weighted by Gasteiger charge is 2.30. The Morgan fingerprint density at radius 3 is 2.42 bits per heavy atom. The van der Waals surface area contributed by atoms with Gasteiger partial charge >= 0.3 is 6.18 Å². The van der Waals surface area contributed by atoms with Gasteiger partial charge in [0.15, 0.2) is 0 Å². The number of carbonyl (C=O) groups excluding carboxylic acids is 1. The molecule has 122 valence electrons. The largest absolute Gasteiger partial charge is 0.508 e. The zero-order valence-electron chi connectivity index (χ0n) is 12.1. The number of phenols is 1. The summed E-state index contributed by atoms with van der Waals surface area (Å²) in [6, 6.07) is 11.6. The molecule has 7 heteroatoms. The second kappa shape index (κ2) is 6.87. The van der Waals surface area contributed by atoms with Gasteiger partial charge in [-0.3, -0.25) is 4.79 Å². The monoisotopic (exact) mass is 332 g/mol. The Hall–Kier alpha value is -3.27. The number of amides is 1. The van der Waals surface area contributed by atoms with Gasteiger partial charge in [-0.2, -0.15) is 18.4 Å². The molecule has 0 radical (unpaired) electrons. The van der Waals surface area contributed by atoms with Gasteiger partial charge in [0.25, 0.3) is 5.91 Å². The van der Waals surface area contributed by atoms with E-state index >= 15 is 0 Å². The van der Waals surface area contributed by atoms with E-state index in [4.69, 9.17) is 5.26 Å². The van der Waals surface area contributed by atoms with Crippen LogP contribution in [0.3, 0.4) is 0 Å². The molecule has 0 atom stereocenters. The normalized spacial score (nSPS) is 11.7. The third kappa shape index (κ3) is 4.36. The highest BCUT2D eigenvalue weighted by atomic mass is 19.4. The molecule has 1 amide bonds. The van der Waals surface area contributed by atoms with E-state index in [1.54, 1.807) is 6.07 Å². The quantitative estimate of drug-likeness (QED) is 0.660. The molecule has 2 rings (SSSR count). The third-order valence-electron chi connectivity index (χ3n) is 3.02. The molecule has 0 heterocycles. The van der Waals surface area contributed by atoms with Gasteiger partial charge in [0, 0.05) is 5.69 Å². The lowest BCUT2D eigenvalue weighted by Crippen LogP contribution is -2.14. The fourth-order valence-corrected chi connectivity index (χ4v) is 1.86. The number of hydrogen-bond donors (Lipinski definition) is 2. The van der Waals surface area contributed by atoms with Crippen molar-refractivity contribution >= 4 is 17.7 Å². The van der Waals surface area contributed by atoms with E-state index in [1.807, 2.05) is 0 Å². The van der Waals surface area contributed by atoms with Crippen molar-refractivity contribution in [1.82, 2.24) is 0 Å². The molecule has 2 N–H and O–H groups in total. The number of hydrogen-bond acceptors (Lipinski definition) is 3. The van der Waals surface area contributed by atoms with E-state index in [9.17, 15) is 23.1 Å². The van der Waals surface area contributed by atoms with Gasteiger partial charge in [-0.05, 0) is 42.0 Å². The highest BCUT2D eigenvalue weighted by molar-refractivity contribution is 6.09. The summed E-state index contributed by atoms with van der Waals surface area (Å²) < 4.78 is 38.0. The van der Waals surface area contributed by atoms with Crippen molar-refractivity contribution in [3.05, 3.63) is 65.2 Å². The topological polar surface area (TPSA) is 73.1 Å². The first-order chi connectivity index (χ1) is 11.3. The summed E-state index contributed by atoms with van der Waals surface area (Å²) in [5.41, 5.74) is -0.760. The molecule has 2 aromatic rings. The van der Waals surface area contributed by atoms with Crippen LogP contribution in [-0.4, -0.2) is 11.0 Å². The predicted octanol–water partition coefficient (Wildman–Crippen LogP) is 3.96. The van der Waals surface area contributed by atoms with Gasteiger partial charge < -0.3 is 10.4 Å². The fraction of sp³-hybridized carbons (Fsp3) is 0.0588. The van der Waals surface area contributed by atoms with E-state index in [2.05, 4.69) is 5.32 Å². The van der Waals surface area contributed by atoms with Gasteiger partial charge in [0.05, 0.1) is 5.56 Å². The zero-order chi connectivity index (χ0) is 17.7. The number of nitriles is 1. The van der Waals surface area contributed by atoms with Crippen LogP contribution in [0.15, 0.2) is 54.1 Å². The molecule has 0 fully saturated rings. The Balaban J connectivity index is 2.21. The minimum atomic E-state index is -4.53. The van der Waals surface area contributed by atoms with Crippen LogP contribution in [0.2, 0.25) is 0 Å². The van der Waals surface area contributed by atoms with E-state index in [1.165, 1.54) is 36.4 Å². The minimum absolute atomic E-state index is 0.0269. The average Bonchev–Trinajstić information content (AvgIpc) is 2.53. The van der Waals surface area contributed by atoms with Crippen LogP contribution in [0.1, 0.15) is 11.1 Å². The lowest BCUT2D eigenvalue weighted by molar-refractivity contribution is -0.137. The van der Waals surface area contributed by atoms with Crippen LogP contribution in [0.25, 0.3) is 6.08 Å². The molecule has 0 saturated heterocycles. The van der Waals surface area contributed by atoms with Crippen molar-refractivity contribution in [3.8, 4) is 11.8 Å². The molecule has 0 saturated carbocycles. The SMILES string of the molecule is N#CC(=Cc1ccc(O)cc1)C(=O)Nc1cccc(C(F)(F)F)c1. The van der Waals surface area contributed by atoms with Crippen LogP contribution in [-0.2, 0) is 11.0 Å². The molecule has 0 aliphatic heterocycles. The number of rotatable bonds is 3. The van der Waals surface area contributed by atoms with Gasteiger partial charge in [0.1, 0.15) is 17.4 Å². The molecule has 0 aliphatic rings. The summed E-state index contributed by atoms with van der Waals surface area (Å²) >= 11 is 0. The van der Waals surface area contributed by atoms with Crippen LogP contribution in [0.4, 0.5) is 18.9 Å². The molecular formula is C17H11F3N2O2. The number of nitrogens with one attached hydrogen (secondary N) is 1. The van der Waals surface area contributed by atoms with Crippen molar-refractivity contribution in [1.29, 1.82) is 5.26 Å². The number of aromatic hydroxyl groups is 1. The van der Waals surface area contributed by atoms with Crippen molar-refractivity contribution in [3.63, 3.8) is 0 Å². The van der Waals surface area contributed by atoms with Crippen LogP contribution < -0.4 is 5.32 Å². The van der Waals surface area contributed by atoms with Crippen molar-refractivity contribution in [2.75, 3.05) is 5.32 Å². The summed E-state index contributed by atoms with van der Waals surface area (Å²) in [6.07, 6.45) is -3.26. The van der Waals surface area contributed by atoms with Crippen LogP contribution in [0.5, 0.6) is 5.75 Å². The third-order valence-corrected chi connectivity index (χ3v) is 3.02. The molecular weight excluding hydrogens is 321 g/mol. The van der Waals surface area contributed by atoms with Crippen molar-refractivity contribution in [2.45, 2.75) is 6.18 Å². The number of alkyl halides is 3. The molecule has 0 spiro atoms. The summed E-state index contributed by atoms with van der Waals surface area (Å²) in [4.78, 5) is 12.0. The Labute approximate surface area is 135 Å². The number of phenolic OH excluding ortho intramolecular Hbond substituents is 1. The Morgan fingerprint density at radius 2 is 1.83 bits per heavy atom. The van der Waals surface area contributed by atoms with Gasteiger partial charge in [-0.15, -0.1) is 0 Å². The summed E-state index contributed by atoms with van der Waals surface area (Å²) in [7, 11) is 0. The number of anilines is 1. The molecule has 0 aromatic heterocycles. The fourth-order valence-electron chi connectivity index (χ4n) is 1.86. The van der Waals surface area contributed by atoms with E-state index in [0.717, 1.165) is 18.2 Å². The van der Waals surface area contributed by atoms with Crippen molar-refractivity contribution < 1.29 is 23.1 Å². The summed E-state index contributed by atoms with van der Waals surface area (Å²) in [5, 5.41) is 20.5. The second-order valence-corrected chi connectivity index (χ2v) is 4.79. The molecule has 0 unspecified atom stereocenters. The van der Waals surface area contributed by atoms with Crippen LogP contribution >= 0.6 is 0 Å². The maximum Gasteiger partial charge on any atom is 0.416 e. The van der Waals surface area contributed by atoms with Crippen molar-refractivity contribution in [2.24, 2.45) is 0 Å². The second-order valence-electron chi connectivity index (χ2n) is 4.79. The standard InChI is InChI=1S/C17H11F3N2O2/c18-17(19,20)13-2-1-3-14(9-13)22-16(24)12(10-21)8-11-4-6-15(23)7-5-11/h1-9,23H,(H,22,24). The maximum absolute atomic E-state index is 12.7. The van der Waals surface area contributed by atoms with Gasteiger partial charge in [0.2, 0.25) is 0 Å². The number of benzene rings is 2. The first kappa shape index (κ1) is 17.1. The number of nitrogens with zero attached hydrogens (tertiary/aromatic N) is 1. The molecule has 4 nitrogen and oxygen atoms in total. The maximum atomic E-state index is 12.7. The Kier molecular flexibility index (Phi) is 4.90. The predicted molar refractivity (Wildman–Crippen MR) is 81.8 cm³/mol. The van der Waals surface area contributed by atoms with Crippen LogP contribution in [0, 0.1) is 11.3 Å². The Bertz CT molecular complexity index is 819. The lowest BCUT2D eigenvalue weighted by Gasteiger charge is -2.09. The smallest absolute Gasteiger partial charge is 0.416 e. The lowest BCUT2D eigenvalue weighted by atomic mass is 10.1. The first-order valence-corrected chi connectivity index (χ1v) is 6.69. The van der Waals surface area contributed by atoms with Gasteiger partial charge in [-0.25, -0.2) is 0 Å². The average molecular weight is 332 g/mol. The molecule has 0 bridgehead atoms. The number of halogens is 3. The van der Waals surface area contributed by atoms with E-state index in [0.29, 0.717) is 5.56 Å². The molecule has 24 heavy (non-hydrogen) atoms. The first-order valence-electron chi connectivity index (χ1n) is 6.69. The minimum Gasteiger partial charge on any atom is -0.508 e. The number of carbonyl (C=O) groups is 1. The summed E-state index contributed by atoms with van der Waals surface area (Å²) in [6.45, 7) is 0. The van der Waals surface area contributed by atoms with E-state index in [-0.39, 0.29) is 17.0 Å². The highest BCUT2D eigenvalue weighted by Crippen LogP contribution is 2.30. The molecule has 0 aliphatic carbocycles. The van der Waals surface area contributed by atoms with E-state index < -0.39 is 17.6 Å². The summed E-state index contributed by atoms with van der Waals surface area (Å²) in [5.74, 6) is -0.802. The molecule has 2 aromatic carbocycles. The van der Waals surface area contributed by atoms with Gasteiger partial charge in [-0.1, -0.05) is 18.2 Å².